The van der Waals surface area contributed by atoms with Crippen molar-refractivity contribution >= 4 is 5.69 Å². The van der Waals surface area contributed by atoms with Gasteiger partial charge in [-0.15, -0.1) is 10.2 Å². The van der Waals surface area contributed by atoms with E-state index in [0.29, 0.717) is 11.8 Å². The van der Waals surface area contributed by atoms with Crippen molar-refractivity contribution in [1.29, 1.82) is 0 Å². The first-order valence-corrected chi connectivity index (χ1v) is 6.98. The summed E-state index contributed by atoms with van der Waals surface area (Å²) in [7, 11) is 0. The van der Waals surface area contributed by atoms with Gasteiger partial charge in [-0.2, -0.15) is 0 Å². The summed E-state index contributed by atoms with van der Waals surface area (Å²) in [4.78, 5) is 0. The molecule has 0 aliphatic heterocycles. The zero-order valence-corrected chi connectivity index (χ0v) is 12.2. The Bertz CT molecular complexity index is 539. The number of benzene rings is 1. The van der Waals surface area contributed by atoms with Crippen molar-refractivity contribution in [3.05, 3.63) is 36.0 Å². The molecule has 0 saturated carbocycles. The van der Waals surface area contributed by atoms with Gasteiger partial charge in [-0.3, -0.25) is 0 Å². The molecule has 0 bridgehead atoms. The molecule has 0 fully saturated rings. The van der Waals surface area contributed by atoms with E-state index < -0.39 is 0 Å². The Morgan fingerprint density at radius 3 is 2.90 bits per heavy atom. The van der Waals surface area contributed by atoms with E-state index in [-0.39, 0.29) is 6.04 Å². The van der Waals surface area contributed by atoms with E-state index in [9.17, 15) is 0 Å². The molecule has 0 aliphatic rings. The van der Waals surface area contributed by atoms with Crippen molar-refractivity contribution in [2.24, 2.45) is 0 Å². The minimum absolute atomic E-state index is 0.0397. The molecule has 0 unspecified atom stereocenters. The summed E-state index contributed by atoms with van der Waals surface area (Å²) in [5.41, 5.74) is 0.974. The minimum atomic E-state index is -0.0397. The number of ether oxygens (including phenoxy) is 1. The van der Waals surface area contributed by atoms with E-state index in [4.69, 9.17) is 9.15 Å². The molecule has 1 aromatic carbocycles. The van der Waals surface area contributed by atoms with Gasteiger partial charge in [-0.1, -0.05) is 19.4 Å². The van der Waals surface area contributed by atoms with Gasteiger partial charge < -0.3 is 14.5 Å². The molecule has 5 nitrogen and oxygen atoms in total. The third-order valence-corrected chi connectivity index (χ3v) is 2.90. The summed E-state index contributed by atoms with van der Waals surface area (Å²) in [5, 5.41) is 11.2. The smallest absolute Gasteiger partial charge is 0.238 e. The Balaban J connectivity index is 1.96. The fraction of sp³-hybridized carbons (Fsp3) is 0.467. The van der Waals surface area contributed by atoms with Gasteiger partial charge in [0.1, 0.15) is 11.8 Å². The van der Waals surface area contributed by atoms with Crippen LogP contribution in [0.5, 0.6) is 5.75 Å². The average Bonchev–Trinajstić information content (AvgIpc) is 2.86. The number of unbranched alkanes of at least 4 members (excludes halogenated alkanes) is 1. The van der Waals surface area contributed by atoms with Gasteiger partial charge in [-0.05, 0) is 25.5 Å². The van der Waals surface area contributed by atoms with Gasteiger partial charge in [0.25, 0.3) is 0 Å². The Morgan fingerprint density at radius 2 is 2.20 bits per heavy atom. The Hall–Kier alpha value is -2.04. The summed E-state index contributed by atoms with van der Waals surface area (Å²) in [6, 6.07) is 7.86. The van der Waals surface area contributed by atoms with Crippen molar-refractivity contribution in [3.8, 4) is 5.75 Å². The molecule has 20 heavy (non-hydrogen) atoms. The normalized spacial score (nSPS) is 12.2. The third kappa shape index (κ3) is 3.98. The highest BCUT2D eigenvalue weighted by molar-refractivity contribution is 5.49. The van der Waals surface area contributed by atoms with E-state index in [1.54, 1.807) is 6.92 Å². The van der Waals surface area contributed by atoms with Crippen LogP contribution in [0.25, 0.3) is 0 Å². The monoisotopic (exact) mass is 275 g/mol. The second-order valence-electron chi connectivity index (χ2n) is 4.76. The van der Waals surface area contributed by atoms with Crippen molar-refractivity contribution in [2.45, 2.75) is 39.7 Å². The van der Waals surface area contributed by atoms with Crippen molar-refractivity contribution in [3.63, 3.8) is 0 Å². The molecule has 1 aromatic heterocycles. The zero-order valence-electron chi connectivity index (χ0n) is 12.2. The fourth-order valence-corrected chi connectivity index (χ4v) is 1.81. The third-order valence-electron chi connectivity index (χ3n) is 2.90. The first-order valence-electron chi connectivity index (χ1n) is 6.98. The molecule has 0 amide bonds. The topological polar surface area (TPSA) is 60.2 Å². The number of aryl methyl sites for hydroxylation is 1. The molecule has 5 heteroatoms. The van der Waals surface area contributed by atoms with Crippen molar-refractivity contribution in [1.82, 2.24) is 10.2 Å². The molecule has 0 saturated heterocycles. The number of hydrogen-bond acceptors (Lipinski definition) is 5. The number of hydrogen-bond donors (Lipinski definition) is 1. The van der Waals surface area contributed by atoms with Crippen LogP contribution in [-0.4, -0.2) is 16.8 Å². The van der Waals surface area contributed by atoms with Crippen LogP contribution in [0.3, 0.4) is 0 Å². The van der Waals surface area contributed by atoms with Gasteiger partial charge >= 0.3 is 0 Å². The van der Waals surface area contributed by atoms with Crippen LogP contribution in [0.1, 0.15) is 44.5 Å². The molecule has 1 atom stereocenters. The quantitative estimate of drug-likeness (QED) is 0.780. The first-order chi connectivity index (χ1) is 9.69. The van der Waals surface area contributed by atoms with Crippen molar-refractivity contribution in [2.75, 3.05) is 11.9 Å². The Morgan fingerprint density at radius 1 is 1.35 bits per heavy atom. The Kier molecular flexibility index (Phi) is 4.98. The van der Waals surface area contributed by atoms with Crippen LogP contribution in [0.2, 0.25) is 0 Å². The zero-order chi connectivity index (χ0) is 14.4. The highest BCUT2D eigenvalue weighted by Crippen LogP contribution is 2.22. The highest BCUT2D eigenvalue weighted by Gasteiger charge is 2.12. The maximum Gasteiger partial charge on any atom is 0.238 e. The van der Waals surface area contributed by atoms with E-state index in [2.05, 4.69) is 22.4 Å². The van der Waals surface area contributed by atoms with Crippen molar-refractivity contribution < 1.29 is 9.15 Å². The van der Waals surface area contributed by atoms with Gasteiger partial charge in [0.05, 0.1) is 6.61 Å². The Labute approximate surface area is 119 Å². The summed E-state index contributed by atoms with van der Waals surface area (Å²) < 4.78 is 11.1. The molecule has 0 aliphatic carbocycles. The standard InChI is InChI=1S/C15H21N3O2/c1-4-5-9-19-14-8-6-7-13(10-14)16-11(2)15-18-17-12(3)20-15/h6-8,10-11,16H,4-5,9H2,1-3H3/t11-/m0/s1. The summed E-state index contributed by atoms with van der Waals surface area (Å²) in [6.07, 6.45) is 2.20. The summed E-state index contributed by atoms with van der Waals surface area (Å²) in [6.45, 7) is 6.66. The molecular weight excluding hydrogens is 254 g/mol. The van der Waals surface area contributed by atoms with E-state index in [1.807, 2.05) is 31.2 Å². The lowest BCUT2D eigenvalue weighted by Gasteiger charge is -2.13. The number of nitrogens with zero attached hydrogens (tertiary/aromatic N) is 2. The number of nitrogens with one attached hydrogen (secondary N) is 1. The van der Waals surface area contributed by atoms with Gasteiger partial charge in [0.2, 0.25) is 11.8 Å². The van der Waals surface area contributed by atoms with Gasteiger partial charge in [0, 0.05) is 18.7 Å². The fourth-order valence-electron chi connectivity index (χ4n) is 1.81. The summed E-state index contributed by atoms with van der Waals surface area (Å²) in [5.74, 6) is 2.03. The molecular formula is C15H21N3O2. The second-order valence-corrected chi connectivity index (χ2v) is 4.76. The van der Waals surface area contributed by atoms with Crippen LogP contribution < -0.4 is 10.1 Å². The average molecular weight is 275 g/mol. The van der Waals surface area contributed by atoms with Crippen LogP contribution in [0.15, 0.2) is 28.7 Å². The molecule has 1 heterocycles. The summed E-state index contributed by atoms with van der Waals surface area (Å²) >= 11 is 0. The molecule has 0 spiro atoms. The van der Waals surface area contributed by atoms with Gasteiger partial charge in [0.15, 0.2) is 0 Å². The highest BCUT2D eigenvalue weighted by atomic mass is 16.5. The molecule has 1 N–H and O–H groups in total. The van der Waals surface area contributed by atoms with E-state index in [1.165, 1.54) is 0 Å². The van der Waals surface area contributed by atoms with Crippen LogP contribution in [0.4, 0.5) is 5.69 Å². The van der Waals surface area contributed by atoms with E-state index >= 15 is 0 Å². The van der Waals surface area contributed by atoms with E-state index in [0.717, 1.165) is 30.9 Å². The lowest BCUT2D eigenvalue weighted by molar-refractivity contribution is 0.309. The number of aromatic nitrogens is 2. The lowest BCUT2D eigenvalue weighted by atomic mass is 10.2. The SMILES string of the molecule is CCCCOc1cccc(N[C@@H](C)c2nnc(C)o2)c1. The minimum Gasteiger partial charge on any atom is -0.494 e. The molecule has 2 rings (SSSR count). The first kappa shape index (κ1) is 14.4. The number of rotatable bonds is 7. The predicted octanol–water partition coefficient (Wildman–Crippen LogP) is 3.73. The maximum absolute atomic E-state index is 5.69. The van der Waals surface area contributed by atoms with Crippen LogP contribution >= 0.6 is 0 Å². The lowest BCUT2D eigenvalue weighted by Crippen LogP contribution is -2.07. The molecule has 2 aromatic rings. The van der Waals surface area contributed by atoms with Gasteiger partial charge in [-0.25, -0.2) is 0 Å². The maximum atomic E-state index is 5.69. The second kappa shape index (κ2) is 6.93. The predicted molar refractivity (Wildman–Crippen MR) is 77.9 cm³/mol. The van der Waals surface area contributed by atoms with Crippen LogP contribution in [0, 0.1) is 6.92 Å². The van der Waals surface area contributed by atoms with Crippen LogP contribution in [-0.2, 0) is 0 Å². The largest absolute Gasteiger partial charge is 0.494 e. The molecule has 108 valence electrons. The number of anilines is 1. The molecule has 0 radical (unpaired) electrons.